The number of ether oxygens (including phenoxy) is 2. The van der Waals surface area contributed by atoms with E-state index < -0.39 is 14.2 Å². The summed E-state index contributed by atoms with van der Waals surface area (Å²) in [6, 6.07) is 1.13. The Morgan fingerprint density at radius 1 is 1.32 bits per heavy atom. The molecule has 172 valence electrons. The lowest BCUT2D eigenvalue weighted by atomic mass is 9.81. The van der Waals surface area contributed by atoms with Gasteiger partial charge in [-0.1, -0.05) is 26.6 Å². The van der Waals surface area contributed by atoms with Crippen molar-refractivity contribution in [2.75, 3.05) is 26.3 Å². The highest BCUT2D eigenvalue weighted by Crippen LogP contribution is 2.38. The molecule has 0 saturated carbocycles. The number of aromatic nitrogens is 2. The fourth-order valence-electron chi connectivity index (χ4n) is 3.73. The molecule has 0 aliphatic carbocycles. The number of fused-ring (bicyclic) bond motifs is 1. The molecule has 1 saturated heterocycles. The molecule has 1 aliphatic rings. The second-order valence-corrected chi connectivity index (χ2v) is 16.6. The van der Waals surface area contributed by atoms with Gasteiger partial charge in [0.15, 0.2) is 0 Å². The van der Waals surface area contributed by atoms with Gasteiger partial charge >= 0.3 is 6.09 Å². The maximum absolute atomic E-state index is 11.2. The molecule has 31 heavy (non-hydrogen) atoms. The summed E-state index contributed by atoms with van der Waals surface area (Å²) in [5, 5.41) is 10.2. The normalized spacial score (nSPS) is 16.6. The Bertz CT molecular complexity index is 933. The number of piperidine rings is 1. The van der Waals surface area contributed by atoms with Crippen molar-refractivity contribution >= 4 is 41.1 Å². The molecule has 2 aromatic heterocycles. The molecule has 0 radical (unpaired) electrons. The molecule has 3 rings (SSSR count). The fraction of sp³-hybridized carbons (Fsp3) is 0.636. The van der Waals surface area contributed by atoms with Crippen LogP contribution in [0.25, 0.3) is 11.0 Å². The van der Waals surface area contributed by atoms with Gasteiger partial charge in [-0.2, -0.15) is 0 Å². The van der Waals surface area contributed by atoms with Gasteiger partial charge in [-0.25, -0.2) is 9.78 Å². The lowest BCUT2D eigenvalue weighted by Crippen LogP contribution is -2.43. The van der Waals surface area contributed by atoms with Crippen molar-refractivity contribution < 1.29 is 19.4 Å². The van der Waals surface area contributed by atoms with Crippen molar-refractivity contribution in [3.05, 3.63) is 22.4 Å². The fourth-order valence-corrected chi connectivity index (χ4v) is 5.09. The molecule has 0 bridgehead atoms. The van der Waals surface area contributed by atoms with Gasteiger partial charge in [0.05, 0.1) is 12.0 Å². The number of amides is 1. The zero-order valence-corrected chi connectivity index (χ0v) is 21.8. The summed E-state index contributed by atoms with van der Waals surface area (Å²) >= 11 is 3.69. The predicted octanol–water partition coefficient (Wildman–Crippen LogP) is 5.58. The van der Waals surface area contributed by atoms with E-state index in [1.54, 1.807) is 0 Å². The van der Waals surface area contributed by atoms with E-state index in [0.717, 1.165) is 52.3 Å². The summed E-state index contributed by atoms with van der Waals surface area (Å²) in [4.78, 5) is 17.3. The number of nitrogens with zero attached hydrogens (tertiary/aromatic N) is 3. The summed E-state index contributed by atoms with van der Waals surface area (Å²) in [5.41, 5.74) is 1.77. The summed E-state index contributed by atoms with van der Waals surface area (Å²) in [6.45, 7) is 14.1. The van der Waals surface area contributed by atoms with Crippen molar-refractivity contribution in [3.63, 3.8) is 0 Å². The van der Waals surface area contributed by atoms with E-state index in [1.165, 1.54) is 4.90 Å². The second kappa shape index (κ2) is 9.50. The predicted molar refractivity (Wildman–Crippen MR) is 129 cm³/mol. The average Bonchev–Trinajstić information content (AvgIpc) is 3.00. The maximum atomic E-state index is 11.2. The molecular formula is C22H34BrN3O4Si. The number of hydrogen-bond acceptors (Lipinski definition) is 4. The van der Waals surface area contributed by atoms with Crippen LogP contribution in [-0.4, -0.2) is 60.0 Å². The lowest BCUT2D eigenvalue weighted by Gasteiger charge is -2.38. The van der Waals surface area contributed by atoms with Crippen LogP contribution in [-0.2, 0) is 11.5 Å². The van der Waals surface area contributed by atoms with Crippen LogP contribution in [0.2, 0.25) is 25.7 Å². The minimum absolute atomic E-state index is 0.0526. The Labute approximate surface area is 193 Å². The van der Waals surface area contributed by atoms with Gasteiger partial charge < -0.3 is 24.0 Å². The standard InChI is InChI=1S/C22H34BrN3O4Si/c1-16-12-24-20-18(17(23)13-26(20)15-29-10-11-31(3,4)5)19(16)30-14-22(2)6-8-25(9-7-22)21(27)28/h12-13H,6-11,14-15H2,1-5H3,(H,27,28). The van der Waals surface area contributed by atoms with Crippen molar-refractivity contribution in [2.45, 2.75) is 59.1 Å². The van der Waals surface area contributed by atoms with Crippen molar-refractivity contribution in [1.29, 1.82) is 0 Å². The quantitative estimate of drug-likeness (QED) is 0.369. The number of halogens is 1. The van der Waals surface area contributed by atoms with E-state index in [9.17, 15) is 9.90 Å². The van der Waals surface area contributed by atoms with Crippen LogP contribution >= 0.6 is 15.9 Å². The lowest BCUT2D eigenvalue weighted by molar-refractivity contribution is 0.0658. The molecule has 2 aromatic rings. The molecule has 0 atom stereocenters. The Hall–Kier alpha value is -1.58. The number of aryl methyl sites for hydroxylation is 1. The molecule has 9 heteroatoms. The minimum atomic E-state index is -1.12. The zero-order valence-electron chi connectivity index (χ0n) is 19.2. The first-order valence-electron chi connectivity index (χ1n) is 10.8. The summed E-state index contributed by atoms with van der Waals surface area (Å²) < 4.78 is 15.3. The molecule has 1 aliphatic heterocycles. The molecule has 1 N–H and O–H groups in total. The van der Waals surface area contributed by atoms with E-state index >= 15 is 0 Å². The van der Waals surface area contributed by atoms with Gasteiger partial charge in [0.2, 0.25) is 0 Å². The van der Waals surface area contributed by atoms with Crippen LogP contribution in [0.15, 0.2) is 16.9 Å². The number of carbonyl (C=O) groups is 1. The van der Waals surface area contributed by atoms with Gasteiger partial charge in [0.25, 0.3) is 0 Å². The third kappa shape index (κ3) is 6.02. The number of likely N-dealkylation sites (tertiary alicyclic amines) is 1. The van der Waals surface area contributed by atoms with Gasteiger partial charge in [-0.15, -0.1) is 0 Å². The summed E-state index contributed by atoms with van der Waals surface area (Å²) in [6.07, 6.45) is 4.59. The average molecular weight is 513 g/mol. The number of rotatable bonds is 8. The van der Waals surface area contributed by atoms with Crippen LogP contribution in [0.1, 0.15) is 25.3 Å². The zero-order chi connectivity index (χ0) is 22.8. The highest BCUT2D eigenvalue weighted by molar-refractivity contribution is 9.10. The van der Waals surface area contributed by atoms with Gasteiger partial charge in [0, 0.05) is 55.6 Å². The van der Waals surface area contributed by atoms with Gasteiger partial charge in [-0.05, 0) is 41.7 Å². The van der Waals surface area contributed by atoms with E-state index in [0.29, 0.717) is 26.4 Å². The molecular weight excluding hydrogens is 478 g/mol. The first kappa shape index (κ1) is 24.1. The first-order chi connectivity index (χ1) is 14.5. The van der Waals surface area contributed by atoms with E-state index in [2.05, 4.69) is 47.5 Å². The maximum Gasteiger partial charge on any atom is 0.407 e. The molecule has 0 unspecified atom stereocenters. The highest BCUT2D eigenvalue weighted by Gasteiger charge is 2.33. The first-order valence-corrected chi connectivity index (χ1v) is 15.3. The molecule has 1 fully saturated rings. The Balaban J connectivity index is 1.72. The Morgan fingerprint density at radius 3 is 2.61 bits per heavy atom. The molecule has 7 nitrogen and oxygen atoms in total. The topological polar surface area (TPSA) is 76.8 Å². The smallest absolute Gasteiger partial charge is 0.407 e. The number of pyridine rings is 1. The van der Waals surface area contributed by atoms with Crippen molar-refractivity contribution in [3.8, 4) is 5.75 Å². The van der Waals surface area contributed by atoms with Gasteiger partial charge in [-0.3, -0.25) is 0 Å². The Morgan fingerprint density at radius 2 is 2.00 bits per heavy atom. The van der Waals surface area contributed by atoms with Crippen LogP contribution in [0.4, 0.5) is 4.79 Å². The molecule has 3 heterocycles. The Kier molecular flexibility index (Phi) is 7.38. The third-order valence-corrected chi connectivity index (χ3v) is 8.31. The van der Waals surface area contributed by atoms with Crippen molar-refractivity contribution in [1.82, 2.24) is 14.5 Å². The van der Waals surface area contributed by atoms with Crippen LogP contribution in [0.5, 0.6) is 5.75 Å². The summed E-state index contributed by atoms with van der Waals surface area (Å²) in [5.74, 6) is 0.833. The SMILES string of the molecule is Cc1cnc2c(c(Br)cn2COCC[Si](C)(C)C)c1OCC1(C)CCN(C(=O)O)CC1. The van der Waals surface area contributed by atoms with E-state index in [1.807, 2.05) is 23.9 Å². The highest BCUT2D eigenvalue weighted by atomic mass is 79.9. The largest absolute Gasteiger partial charge is 0.492 e. The van der Waals surface area contributed by atoms with Crippen LogP contribution in [0.3, 0.4) is 0 Å². The molecule has 0 spiro atoms. The number of hydrogen-bond donors (Lipinski definition) is 1. The molecule has 0 aromatic carbocycles. The third-order valence-electron chi connectivity index (χ3n) is 6.00. The van der Waals surface area contributed by atoms with E-state index in [4.69, 9.17) is 9.47 Å². The molecule has 1 amide bonds. The van der Waals surface area contributed by atoms with Gasteiger partial charge in [0.1, 0.15) is 18.1 Å². The summed E-state index contributed by atoms with van der Waals surface area (Å²) in [7, 11) is -1.12. The van der Waals surface area contributed by atoms with Crippen LogP contribution < -0.4 is 4.74 Å². The van der Waals surface area contributed by atoms with Crippen molar-refractivity contribution in [2.24, 2.45) is 5.41 Å². The van der Waals surface area contributed by atoms with Crippen LogP contribution in [0, 0.1) is 12.3 Å². The van der Waals surface area contributed by atoms with E-state index in [-0.39, 0.29) is 5.41 Å². The minimum Gasteiger partial charge on any atom is -0.492 e. The monoisotopic (exact) mass is 511 g/mol. The second-order valence-electron chi connectivity index (χ2n) is 10.1. The number of carboxylic acid groups (broad SMARTS) is 1.